The van der Waals surface area contributed by atoms with E-state index in [1.807, 2.05) is 16.4 Å². The standard InChI is InChI=1S/C14H16F2N4O/c1-9-17-18-14-8-19(4-5-20(9)14)7-13(21)11-3-2-10(15)6-12(11)16/h2-3,6,13,21H,4-5,7-8H2,1H3/t13-/m0/s1. The van der Waals surface area contributed by atoms with E-state index in [1.54, 1.807) is 0 Å². The number of fused-ring (bicyclic) bond motifs is 1. The molecule has 0 unspecified atom stereocenters. The van der Waals surface area contributed by atoms with E-state index in [0.29, 0.717) is 6.54 Å². The van der Waals surface area contributed by atoms with Gasteiger partial charge in [-0.25, -0.2) is 8.78 Å². The minimum absolute atomic E-state index is 0.111. The molecule has 0 fully saturated rings. The quantitative estimate of drug-likeness (QED) is 0.930. The van der Waals surface area contributed by atoms with E-state index in [0.717, 1.165) is 36.9 Å². The molecule has 1 atom stereocenters. The predicted molar refractivity (Wildman–Crippen MR) is 71.4 cm³/mol. The number of aromatic nitrogens is 3. The second-order valence-electron chi connectivity index (χ2n) is 5.23. The molecule has 0 amide bonds. The van der Waals surface area contributed by atoms with E-state index < -0.39 is 17.7 Å². The van der Waals surface area contributed by atoms with Crippen LogP contribution in [-0.4, -0.2) is 37.9 Å². The lowest BCUT2D eigenvalue weighted by Gasteiger charge is -2.29. The summed E-state index contributed by atoms with van der Waals surface area (Å²) >= 11 is 0. The lowest BCUT2D eigenvalue weighted by molar-refractivity contribution is 0.0934. The molecule has 1 aromatic carbocycles. The van der Waals surface area contributed by atoms with Crippen molar-refractivity contribution in [3.8, 4) is 0 Å². The summed E-state index contributed by atoms with van der Waals surface area (Å²) < 4.78 is 28.6. The van der Waals surface area contributed by atoms with E-state index in [4.69, 9.17) is 0 Å². The van der Waals surface area contributed by atoms with Gasteiger partial charge in [0.2, 0.25) is 0 Å². The van der Waals surface area contributed by atoms with Gasteiger partial charge >= 0.3 is 0 Å². The summed E-state index contributed by atoms with van der Waals surface area (Å²) in [6.07, 6.45) is -0.999. The van der Waals surface area contributed by atoms with Crippen molar-refractivity contribution in [2.75, 3.05) is 13.1 Å². The van der Waals surface area contributed by atoms with E-state index in [2.05, 4.69) is 10.2 Å². The molecule has 3 rings (SSSR count). The van der Waals surface area contributed by atoms with E-state index in [9.17, 15) is 13.9 Å². The Morgan fingerprint density at radius 1 is 1.29 bits per heavy atom. The number of halogens is 2. The van der Waals surface area contributed by atoms with Crippen LogP contribution in [0, 0.1) is 18.6 Å². The maximum atomic E-state index is 13.7. The largest absolute Gasteiger partial charge is 0.387 e. The number of rotatable bonds is 3. The molecule has 2 aromatic rings. The summed E-state index contributed by atoms with van der Waals surface area (Å²) in [6.45, 7) is 4.20. The fraction of sp³-hybridized carbons (Fsp3) is 0.429. The number of aryl methyl sites for hydroxylation is 1. The zero-order chi connectivity index (χ0) is 15.0. The number of hydrogen-bond donors (Lipinski definition) is 1. The highest BCUT2D eigenvalue weighted by molar-refractivity contribution is 5.21. The SMILES string of the molecule is Cc1nnc2n1CCN(C[C@H](O)c1ccc(F)cc1F)C2. The van der Waals surface area contributed by atoms with Crippen molar-refractivity contribution in [2.45, 2.75) is 26.1 Å². The van der Waals surface area contributed by atoms with Gasteiger partial charge in [0, 0.05) is 31.3 Å². The van der Waals surface area contributed by atoms with Crippen molar-refractivity contribution in [3.63, 3.8) is 0 Å². The average molecular weight is 294 g/mol. The first-order chi connectivity index (χ1) is 10.0. The highest BCUT2D eigenvalue weighted by Gasteiger charge is 2.23. The van der Waals surface area contributed by atoms with Crippen LogP contribution in [-0.2, 0) is 13.1 Å². The molecule has 0 bridgehead atoms. The Morgan fingerprint density at radius 3 is 2.86 bits per heavy atom. The maximum Gasteiger partial charge on any atom is 0.147 e. The first-order valence-electron chi connectivity index (χ1n) is 6.78. The third-order valence-corrected chi connectivity index (χ3v) is 3.77. The minimum atomic E-state index is -0.999. The van der Waals surface area contributed by atoms with E-state index in [-0.39, 0.29) is 12.1 Å². The van der Waals surface area contributed by atoms with Gasteiger partial charge in [0.1, 0.15) is 23.3 Å². The van der Waals surface area contributed by atoms with Gasteiger partial charge in [-0.05, 0) is 13.0 Å². The van der Waals surface area contributed by atoms with Crippen molar-refractivity contribution in [3.05, 3.63) is 47.0 Å². The smallest absolute Gasteiger partial charge is 0.147 e. The van der Waals surface area contributed by atoms with Gasteiger partial charge in [-0.15, -0.1) is 10.2 Å². The van der Waals surface area contributed by atoms with Gasteiger partial charge < -0.3 is 9.67 Å². The predicted octanol–water partition coefficient (Wildman–Crippen LogP) is 1.41. The number of hydrogen-bond acceptors (Lipinski definition) is 4. The molecule has 1 aliphatic heterocycles. The fourth-order valence-electron chi connectivity index (χ4n) is 2.62. The van der Waals surface area contributed by atoms with Gasteiger partial charge in [-0.1, -0.05) is 6.07 Å². The fourth-order valence-corrected chi connectivity index (χ4v) is 2.62. The van der Waals surface area contributed by atoms with Crippen LogP contribution in [0.4, 0.5) is 8.78 Å². The molecule has 1 aliphatic rings. The van der Waals surface area contributed by atoms with Crippen LogP contribution in [0.25, 0.3) is 0 Å². The number of β-amino-alcohol motifs (C(OH)–C–C–N with tert-alkyl or cyclic N) is 1. The van der Waals surface area contributed by atoms with Crippen molar-refractivity contribution >= 4 is 0 Å². The molecular formula is C14H16F2N4O. The second kappa shape index (κ2) is 5.50. The van der Waals surface area contributed by atoms with Crippen LogP contribution in [0.15, 0.2) is 18.2 Å². The Bertz CT molecular complexity index is 658. The molecule has 1 aromatic heterocycles. The summed E-state index contributed by atoms with van der Waals surface area (Å²) in [7, 11) is 0. The lowest BCUT2D eigenvalue weighted by Crippen LogP contribution is -2.37. The van der Waals surface area contributed by atoms with Gasteiger partial charge in [-0.3, -0.25) is 4.90 Å². The number of benzene rings is 1. The second-order valence-corrected chi connectivity index (χ2v) is 5.23. The van der Waals surface area contributed by atoms with Crippen LogP contribution in [0.1, 0.15) is 23.3 Å². The zero-order valence-electron chi connectivity index (χ0n) is 11.6. The highest BCUT2D eigenvalue weighted by Crippen LogP contribution is 2.21. The molecule has 5 nitrogen and oxygen atoms in total. The molecule has 21 heavy (non-hydrogen) atoms. The van der Waals surface area contributed by atoms with Gasteiger partial charge in [0.25, 0.3) is 0 Å². The average Bonchev–Trinajstić information content (AvgIpc) is 2.80. The van der Waals surface area contributed by atoms with Gasteiger partial charge in [0.05, 0.1) is 12.6 Å². The Labute approximate surface area is 120 Å². The van der Waals surface area contributed by atoms with Crippen LogP contribution in [0.5, 0.6) is 0 Å². The minimum Gasteiger partial charge on any atom is -0.387 e. The highest BCUT2D eigenvalue weighted by atomic mass is 19.1. The van der Waals surface area contributed by atoms with Crippen molar-refractivity contribution in [2.24, 2.45) is 0 Å². The molecule has 0 aliphatic carbocycles. The summed E-state index contributed by atoms with van der Waals surface area (Å²) in [4.78, 5) is 1.98. The topological polar surface area (TPSA) is 54.2 Å². The molecule has 112 valence electrons. The molecule has 0 radical (unpaired) electrons. The monoisotopic (exact) mass is 294 g/mol. The van der Waals surface area contributed by atoms with Crippen molar-refractivity contribution in [1.29, 1.82) is 0 Å². The summed E-state index contributed by atoms with van der Waals surface area (Å²) in [6, 6.07) is 3.22. The van der Waals surface area contributed by atoms with E-state index in [1.165, 1.54) is 6.07 Å². The molecule has 0 saturated carbocycles. The summed E-state index contributed by atoms with van der Waals surface area (Å²) in [5.74, 6) is 0.337. The van der Waals surface area contributed by atoms with Gasteiger partial charge in [-0.2, -0.15) is 0 Å². The third kappa shape index (κ3) is 2.79. The van der Waals surface area contributed by atoms with Crippen LogP contribution >= 0.6 is 0 Å². The first kappa shape index (κ1) is 14.1. The third-order valence-electron chi connectivity index (χ3n) is 3.77. The molecule has 2 heterocycles. The van der Waals surface area contributed by atoms with Crippen molar-refractivity contribution < 1.29 is 13.9 Å². The molecule has 0 spiro atoms. The zero-order valence-corrected chi connectivity index (χ0v) is 11.6. The van der Waals surface area contributed by atoms with E-state index >= 15 is 0 Å². The van der Waals surface area contributed by atoms with Crippen LogP contribution in [0.2, 0.25) is 0 Å². The van der Waals surface area contributed by atoms with Crippen molar-refractivity contribution in [1.82, 2.24) is 19.7 Å². The number of aliphatic hydroxyl groups excluding tert-OH is 1. The first-order valence-corrected chi connectivity index (χ1v) is 6.78. The molecule has 0 saturated heterocycles. The molecular weight excluding hydrogens is 278 g/mol. The number of aliphatic hydroxyl groups is 1. The van der Waals surface area contributed by atoms with Gasteiger partial charge in [0.15, 0.2) is 0 Å². The Balaban J connectivity index is 1.70. The molecule has 7 heteroatoms. The number of nitrogens with zero attached hydrogens (tertiary/aromatic N) is 4. The molecule has 1 N–H and O–H groups in total. The van der Waals surface area contributed by atoms with Crippen LogP contribution < -0.4 is 0 Å². The summed E-state index contributed by atoms with van der Waals surface area (Å²) in [5.41, 5.74) is 0.111. The Morgan fingerprint density at radius 2 is 2.10 bits per heavy atom. The Hall–Kier alpha value is -1.86. The summed E-state index contributed by atoms with van der Waals surface area (Å²) in [5, 5.41) is 18.2. The Kier molecular flexibility index (Phi) is 3.69. The van der Waals surface area contributed by atoms with Crippen LogP contribution in [0.3, 0.4) is 0 Å². The normalized spacial score (nSPS) is 16.8. The lowest BCUT2D eigenvalue weighted by atomic mass is 10.1. The maximum absolute atomic E-state index is 13.7.